The van der Waals surface area contributed by atoms with E-state index in [1.807, 2.05) is 6.92 Å². The third-order valence-corrected chi connectivity index (χ3v) is 3.25. The Morgan fingerprint density at radius 1 is 1.39 bits per heavy atom. The van der Waals surface area contributed by atoms with Gasteiger partial charge < -0.3 is 15.3 Å². The van der Waals surface area contributed by atoms with Crippen LogP contribution in [0.5, 0.6) is 0 Å². The number of hydrogen-bond donors (Lipinski definition) is 2. The van der Waals surface area contributed by atoms with E-state index in [9.17, 15) is 9.59 Å². The lowest BCUT2D eigenvalue weighted by molar-refractivity contribution is -0.143. The van der Waals surface area contributed by atoms with Gasteiger partial charge in [0, 0.05) is 19.1 Å². The minimum Gasteiger partial charge on any atom is -0.481 e. The van der Waals surface area contributed by atoms with Gasteiger partial charge in [-0.15, -0.1) is 0 Å². The minimum atomic E-state index is -0.803. The second-order valence-corrected chi connectivity index (χ2v) is 5.60. The molecule has 0 aromatic rings. The van der Waals surface area contributed by atoms with E-state index in [1.165, 1.54) is 0 Å². The van der Waals surface area contributed by atoms with Crippen LogP contribution in [-0.2, 0) is 4.79 Å². The van der Waals surface area contributed by atoms with Crippen molar-refractivity contribution in [2.24, 2.45) is 11.8 Å². The molecule has 0 aromatic heterocycles. The SMILES string of the molecule is CC(C)CC(C)NC(=O)N1CCC[C@@H](C(=O)O)C1. The highest BCUT2D eigenvalue weighted by Crippen LogP contribution is 2.16. The van der Waals surface area contributed by atoms with Crippen LogP contribution in [-0.4, -0.2) is 41.1 Å². The van der Waals surface area contributed by atoms with Gasteiger partial charge in [-0.2, -0.15) is 0 Å². The maximum atomic E-state index is 12.0. The molecule has 18 heavy (non-hydrogen) atoms. The lowest BCUT2D eigenvalue weighted by Crippen LogP contribution is -2.49. The van der Waals surface area contributed by atoms with Gasteiger partial charge in [-0.25, -0.2) is 4.79 Å². The lowest BCUT2D eigenvalue weighted by atomic mass is 9.98. The van der Waals surface area contributed by atoms with Crippen molar-refractivity contribution in [1.29, 1.82) is 0 Å². The predicted molar refractivity (Wildman–Crippen MR) is 69.4 cm³/mol. The van der Waals surface area contributed by atoms with Gasteiger partial charge in [0.05, 0.1) is 5.92 Å². The summed E-state index contributed by atoms with van der Waals surface area (Å²) in [7, 11) is 0. The molecule has 2 N–H and O–H groups in total. The Hall–Kier alpha value is -1.26. The zero-order chi connectivity index (χ0) is 13.7. The Balaban J connectivity index is 2.43. The number of hydrogen-bond acceptors (Lipinski definition) is 2. The molecule has 2 amide bonds. The number of carboxylic acid groups (broad SMARTS) is 1. The Morgan fingerprint density at radius 2 is 2.06 bits per heavy atom. The van der Waals surface area contributed by atoms with Crippen molar-refractivity contribution in [2.75, 3.05) is 13.1 Å². The molecule has 0 bridgehead atoms. The largest absolute Gasteiger partial charge is 0.481 e. The normalized spacial score (nSPS) is 21.8. The zero-order valence-electron chi connectivity index (χ0n) is 11.5. The number of amides is 2. The molecule has 1 saturated heterocycles. The molecule has 1 unspecified atom stereocenters. The summed E-state index contributed by atoms with van der Waals surface area (Å²) in [5.41, 5.74) is 0. The molecule has 0 radical (unpaired) electrons. The van der Waals surface area contributed by atoms with E-state index in [-0.39, 0.29) is 12.1 Å². The minimum absolute atomic E-state index is 0.128. The van der Waals surface area contributed by atoms with E-state index in [1.54, 1.807) is 4.90 Å². The van der Waals surface area contributed by atoms with Gasteiger partial charge in [-0.1, -0.05) is 13.8 Å². The Kier molecular flexibility index (Phi) is 5.44. The number of rotatable bonds is 4. The predicted octanol–water partition coefficient (Wildman–Crippen LogP) is 1.93. The van der Waals surface area contributed by atoms with E-state index < -0.39 is 11.9 Å². The Labute approximate surface area is 109 Å². The number of urea groups is 1. The summed E-state index contributed by atoms with van der Waals surface area (Å²) < 4.78 is 0. The van der Waals surface area contributed by atoms with Gasteiger partial charge in [-0.3, -0.25) is 4.79 Å². The van der Waals surface area contributed by atoms with Crippen LogP contribution >= 0.6 is 0 Å². The summed E-state index contributed by atoms with van der Waals surface area (Å²) in [6.07, 6.45) is 2.37. The average molecular weight is 256 g/mol. The number of carbonyl (C=O) groups excluding carboxylic acids is 1. The Bertz CT molecular complexity index is 305. The van der Waals surface area contributed by atoms with Gasteiger partial charge in [0.25, 0.3) is 0 Å². The highest BCUT2D eigenvalue weighted by atomic mass is 16.4. The smallest absolute Gasteiger partial charge is 0.317 e. The fraction of sp³-hybridized carbons (Fsp3) is 0.846. The highest BCUT2D eigenvalue weighted by molar-refractivity contribution is 5.76. The second-order valence-electron chi connectivity index (χ2n) is 5.60. The van der Waals surface area contributed by atoms with Crippen molar-refractivity contribution in [1.82, 2.24) is 10.2 Å². The number of likely N-dealkylation sites (tertiary alicyclic amines) is 1. The fourth-order valence-corrected chi connectivity index (χ4v) is 2.43. The molecule has 0 aromatic carbocycles. The summed E-state index contributed by atoms with van der Waals surface area (Å²) in [5.74, 6) is -0.680. The third-order valence-electron chi connectivity index (χ3n) is 3.25. The maximum absolute atomic E-state index is 12.0. The monoisotopic (exact) mass is 256 g/mol. The topological polar surface area (TPSA) is 69.6 Å². The first kappa shape index (κ1) is 14.8. The third kappa shape index (κ3) is 4.55. The summed E-state index contributed by atoms with van der Waals surface area (Å²) in [4.78, 5) is 24.5. The first-order chi connectivity index (χ1) is 8.40. The van der Waals surface area contributed by atoms with Crippen LogP contribution in [0.15, 0.2) is 0 Å². The van der Waals surface area contributed by atoms with E-state index in [0.29, 0.717) is 25.4 Å². The molecular formula is C13H24N2O3. The van der Waals surface area contributed by atoms with Crippen LogP contribution in [0.2, 0.25) is 0 Å². The van der Waals surface area contributed by atoms with Crippen molar-refractivity contribution in [3.63, 3.8) is 0 Å². The fourth-order valence-electron chi connectivity index (χ4n) is 2.43. The number of carbonyl (C=O) groups is 2. The molecule has 0 aliphatic carbocycles. The van der Waals surface area contributed by atoms with Crippen LogP contribution in [0.4, 0.5) is 4.79 Å². The standard InChI is InChI=1S/C13H24N2O3/c1-9(2)7-10(3)14-13(18)15-6-4-5-11(8-15)12(16)17/h9-11H,4-8H2,1-3H3,(H,14,18)(H,16,17)/t10?,11-/m1/s1. The van der Waals surface area contributed by atoms with Crippen molar-refractivity contribution in [3.05, 3.63) is 0 Å². The number of piperidine rings is 1. The van der Waals surface area contributed by atoms with Gasteiger partial charge >= 0.3 is 12.0 Å². The molecule has 2 atom stereocenters. The zero-order valence-corrected chi connectivity index (χ0v) is 11.5. The summed E-state index contributed by atoms with van der Waals surface area (Å²) in [6, 6.07) is -0.00296. The van der Waals surface area contributed by atoms with E-state index in [0.717, 1.165) is 12.8 Å². The maximum Gasteiger partial charge on any atom is 0.317 e. The first-order valence-electron chi connectivity index (χ1n) is 6.68. The van der Waals surface area contributed by atoms with Crippen molar-refractivity contribution >= 4 is 12.0 Å². The van der Waals surface area contributed by atoms with Gasteiger partial charge in [-0.05, 0) is 32.1 Å². The number of carboxylic acids is 1. The molecule has 1 aliphatic heterocycles. The van der Waals surface area contributed by atoms with Crippen molar-refractivity contribution in [3.8, 4) is 0 Å². The highest BCUT2D eigenvalue weighted by Gasteiger charge is 2.28. The average Bonchev–Trinajstić information content (AvgIpc) is 2.27. The van der Waals surface area contributed by atoms with Crippen LogP contribution < -0.4 is 5.32 Å². The van der Waals surface area contributed by atoms with Crippen LogP contribution in [0.25, 0.3) is 0 Å². The Morgan fingerprint density at radius 3 is 2.61 bits per heavy atom. The molecule has 5 nitrogen and oxygen atoms in total. The van der Waals surface area contributed by atoms with Gasteiger partial charge in [0.1, 0.15) is 0 Å². The van der Waals surface area contributed by atoms with E-state index in [2.05, 4.69) is 19.2 Å². The lowest BCUT2D eigenvalue weighted by Gasteiger charge is -2.32. The molecule has 1 rings (SSSR count). The van der Waals surface area contributed by atoms with Crippen LogP contribution in [0.3, 0.4) is 0 Å². The summed E-state index contributed by atoms with van der Waals surface area (Å²) in [5, 5.41) is 11.9. The molecule has 1 aliphatic rings. The molecule has 0 spiro atoms. The second kappa shape index (κ2) is 6.61. The van der Waals surface area contributed by atoms with Gasteiger partial charge in [0.15, 0.2) is 0 Å². The number of aliphatic carboxylic acids is 1. The quantitative estimate of drug-likeness (QED) is 0.807. The van der Waals surface area contributed by atoms with E-state index in [4.69, 9.17) is 5.11 Å². The van der Waals surface area contributed by atoms with Crippen molar-refractivity contribution in [2.45, 2.75) is 46.1 Å². The molecule has 104 valence electrons. The molecule has 0 saturated carbocycles. The van der Waals surface area contributed by atoms with Crippen molar-refractivity contribution < 1.29 is 14.7 Å². The van der Waals surface area contributed by atoms with Crippen LogP contribution in [0.1, 0.15) is 40.0 Å². The molecule has 1 heterocycles. The number of nitrogens with zero attached hydrogens (tertiary/aromatic N) is 1. The number of nitrogens with one attached hydrogen (secondary N) is 1. The van der Waals surface area contributed by atoms with E-state index >= 15 is 0 Å². The molecule has 1 fully saturated rings. The molecule has 5 heteroatoms. The van der Waals surface area contributed by atoms with Gasteiger partial charge in [0.2, 0.25) is 0 Å². The first-order valence-corrected chi connectivity index (χ1v) is 6.68. The summed E-state index contributed by atoms with van der Waals surface area (Å²) in [6.45, 7) is 7.20. The molecular weight excluding hydrogens is 232 g/mol. The van der Waals surface area contributed by atoms with Crippen LogP contribution in [0, 0.1) is 11.8 Å². The summed E-state index contributed by atoms with van der Waals surface area (Å²) >= 11 is 0.